The lowest BCUT2D eigenvalue weighted by Gasteiger charge is -1.89. The fraction of sp³-hybridized carbons (Fsp3) is 0.125. The van der Waals surface area contributed by atoms with Crippen LogP contribution in [0.15, 0.2) is 37.1 Å². The minimum atomic E-state index is -0.234. The topological polar surface area (TPSA) is 3.88 Å². The van der Waals surface area contributed by atoms with Crippen LogP contribution in [0.2, 0.25) is 0 Å². The zero-order chi connectivity index (χ0) is 7.40. The van der Waals surface area contributed by atoms with Gasteiger partial charge in [0.2, 0.25) is 0 Å². The SMILES string of the molecule is C=CC[n+]1ccccc1F. The lowest BCUT2D eigenvalue weighted by atomic mass is 10.4. The minimum absolute atomic E-state index is 0.234. The minimum Gasteiger partial charge on any atom is -0.170 e. The summed E-state index contributed by atoms with van der Waals surface area (Å²) in [5.74, 6) is -0.234. The second-order valence-electron chi connectivity index (χ2n) is 1.96. The van der Waals surface area contributed by atoms with Crippen LogP contribution in [-0.4, -0.2) is 0 Å². The van der Waals surface area contributed by atoms with Crippen LogP contribution in [0.5, 0.6) is 0 Å². The molecule has 0 radical (unpaired) electrons. The van der Waals surface area contributed by atoms with Crippen LogP contribution in [0.1, 0.15) is 0 Å². The first-order chi connectivity index (χ1) is 4.84. The molecule has 1 nitrogen and oxygen atoms in total. The Bertz CT molecular complexity index is 232. The molecule has 2 heteroatoms. The summed E-state index contributed by atoms with van der Waals surface area (Å²) in [4.78, 5) is 0. The monoisotopic (exact) mass is 138 g/mol. The molecule has 0 spiro atoms. The molecule has 1 aromatic rings. The van der Waals surface area contributed by atoms with Crippen LogP contribution in [0.4, 0.5) is 4.39 Å². The van der Waals surface area contributed by atoms with E-state index in [0.717, 1.165) is 0 Å². The molecule has 1 heterocycles. The fourth-order valence-electron chi connectivity index (χ4n) is 0.743. The van der Waals surface area contributed by atoms with Gasteiger partial charge in [-0.1, -0.05) is 6.58 Å². The van der Waals surface area contributed by atoms with Crippen LogP contribution >= 0.6 is 0 Å². The van der Waals surface area contributed by atoms with Crippen molar-refractivity contribution in [1.29, 1.82) is 0 Å². The summed E-state index contributed by atoms with van der Waals surface area (Å²) in [7, 11) is 0. The summed E-state index contributed by atoms with van der Waals surface area (Å²) in [6.07, 6.45) is 3.33. The van der Waals surface area contributed by atoms with Gasteiger partial charge in [0.15, 0.2) is 12.7 Å². The normalized spacial score (nSPS) is 9.30. The molecule has 10 heavy (non-hydrogen) atoms. The Morgan fingerprint density at radius 1 is 1.60 bits per heavy atom. The van der Waals surface area contributed by atoms with E-state index in [4.69, 9.17) is 0 Å². The smallest absolute Gasteiger partial charge is 0.170 e. The highest BCUT2D eigenvalue weighted by atomic mass is 19.1. The highest BCUT2D eigenvalue weighted by Crippen LogP contribution is 1.86. The molecule has 0 N–H and O–H groups in total. The lowest BCUT2D eigenvalue weighted by molar-refractivity contribution is -0.714. The van der Waals surface area contributed by atoms with E-state index in [9.17, 15) is 4.39 Å². The van der Waals surface area contributed by atoms with E-state index in [-0.39, 0.29) is 5.95 Å². The van der Waals surface area contributed by atoms with Gasteiger partial charge in [-0.2, -0.15) is 4.57 Å². The standard InChI is InChI=1S/C8H9FN/c1-2-6-10-7-4-3-5-8(10)9/h2-5,7H,1,6H2/q+1. The molecule has 0 aliphatic heterocycles. The maximum Gasteiger partial charge on any atom is 0.359 e. The van der Waals surface area contributed by atoms with E-state index in [1.807, 2.05) is 0 Å². The largest absolute Gasteiger partial charge is 0.359 e. The van der Waals surface area contributed by atoms with Gasteiger partial charge in [0.1, 0.15) is 0 Å². The number of nitrogens with zero attached hydrogens (tertiary/aromatic N) is 1. The quantitative estimate of drug-likeness (QED) is 0.329. The Morgan fingerprint density at radius 3 is 3.00 bits per heavy atom. The van der Waals surface area contributed by atoms with Gasteiger partial charge < -0.3 is 0 Å². The van der Waals surface area contributed by atoms with Crippen molar-refractivity contribution in [1.82, 2.24) is 0 Å². The summed E-state index contributed by atoms with van der Waals surface area (Å²) in [5, 5.41) is 0. The summed E-state index contributed by atoms with van der Waals surface area (Å²) < 4.78 is 14.2. The highest BCUT2D eigenvalue weighted by Gasteiger charge is 2.03. The first-order valence-corrected chi connectivity index (χ1v) is 3.09. The number of hydrogen-bond donors (Lipinski definition) is 0. The Hall–Kier alpha value is -1.18. The molecule has 0 fully saturated rings. The van der Waals surface area contributed by atoms with Crippen molar-refractivity contribution < 1.29 is 8.96 Å². The summed E-state index contributed by atoms with van der Waals surface area (Å²) in [5.41, 5.74) is 0. The fourth-order valence-corrected chi connectivity index (χ4v) is 0.743. The molecule has 0 atom stereocenters. The first kappa shape index (κ1) is 6.93. The number of pyridine rings is 1. The summed E-state index contributed by atoms with van der Waals surface area (Å²) >= 11 is 0. The highest BCUT2D eigenvalue weighted by molar-refractivity contribution is 4.86. The van der Waals surface area contributed by atoms with Gasteiger partial charge in [-0.05, 0) is 12.1 Å². The first-order valence-electron chi connectivity index (χ1n) is 3.09. The lowest BCUT2D eigenvalue weighted by Crippen LogP contribution is -2.36. The van der Waals surface area contributed by atoms with Gasteiger partial charge in [0.25, 0.3) is 0 Å². The zero-order valence-corrected chi connectivity index (χ0v) is 5.63. The second kappa shape index (κ2) is 3.11. The average Bonchev–Trinajstić information content (AvgIpc) is 1.94. The van der Waals surface area contributed by atoms with Crippen LogP contribution in [-0.2, 0) is 6.54 Å². The Labute approximate surface area is 59.4 Å². The molecule has 0 aliphatic rings. The number of hydrogen-bond acceptors (Lipinski definition) is 0. The van der Waals surface area contributed by atoms with Crippen LogP contribution in [0.25, 0.3) is 0 Å². The second-order valence-corrected chi connectivity index (χ2v) is 1.96. The molecule has 52 valence electrons. The van der Waals surface area contributed by atoms with E-state index in [2.05, 4.69) is 6.58 Å². The van der Waals surface area contributed by atoms with Crippen molar-refractivity contribution in [2.24, 2.45) is 0 Å². The maximum atomic E-state index is 12.7. The third-order valence-electron chi connectivity index (χ3n) is 1.21. The summed E-state index contributed by atoms with van der Waals surface area (Å²) in [6.45, 7) is 4.03. The van der Waals surface area contributed by atoms with E-state index in [1.165, 1.54) is 10.6 Å². The number of aromatic nitrogens is 1. The molecule has 0 aromatic carbocycles. The molecule has 0 amide bonds. The molecule has 0 bridgehead atoms. The van der Waals surface area contributed by atoms with Crippen molar-refractivity contribution in [3.63, 3.8) is 0 Å². The van der Waals surface area contributed by atoms with Crippen molar-refractivity contribution in [2.45, 2.75) is 6.54 Å². The van der Waals surface area contributed by atoms with Crippen LogP contribution in [0, 0.1) is 5.95 Å². The molecule has 1 aromatic heterocycles. The van der Waals surface area contributed by atoms with Crippen LogP contribution in [0.3, 0.4) is 0 Å². The van der Waals surface area contributed by atoms with E-state index in [1.54, 1.807) is 24.4 Å². The molecular weight excluding hydrogens is 129 g/mol. The molecular formula is C8H9FN+. The van der Waals surface area contributed by atoms with Crippen molar-refractivity contribution in [3.8, 4) is 0 Å². The van der Waals surface area contributed by atoms with E-state index < -0.39 is 0 Å². The number of halogens is 1. The van der Waals surface area contributed by atoms with Crippen molar-refractivity contribution in [3.05, 3.63) is 43.0 Å². The zero-order valence-electron chi connectivity index (χ0n) is 5.63. The Balaban J connectivity index is 2.91. The molecule has 0 aliphatic carbocycles. The molecule has 1 rings (SSSR count). The van der Waals surface area contributed by atoms with Gasteiger partial charge in [-0.15, -0.1) is 4.39 Å². The third kappa shape index (κ3) is 1.41. The van der Waals surface area contributed by atoms with Gasteiger partial charge in [-0.3, -0.25) is 0 Å². The van der Waals surface area contributed by atoms with Crippen LogP contribution < -0.4 is 4.57 Å². The predicted octanol–water partition coefficient (Wildman–Crippen LogP) is 1.30. The predicted molar refractivity (Wildman–Crippen MR) is 36.8 cm³/mol. The molecule has 0 saturated heterocycles. The maximum absolute atomic E-state index is 12.7. The summed E-state index contributed by atoms with van der Waals surface area (Å²) in [6, 6.07) is 4.87. The van der Waals surface area contributed by atoms with Crippen molar-refractivity contribution >= 4 is 0 Å². The van der Waals surface area contributed by atoms with Gasteiger partial charge in [0.05, 0.1) is 0 Å². The average molecular weight is 138 g/mol. The molecule has 0 saturated carbocycles. The van der Waals surface area contributed by atoms with E-state index >= 15 is 0 Å². The molecule has 0 unspecified atom stereocenters. The van der Waals surface area contributed by atoms with Gasteiger partial charge in [-0.25, -0.2) is 0 Å². The van der Waals surface area contributed by atoms with E-state index in [0.29, 0.717) is 6.54 Å². The Morgan fingerprint density at radius 2 is 2.40 bits per heavy atom. The van der Waals surface area contributed by atoms with Gasteiger partial charge in [0, 0.05) is 12.1 Å². The number of rotatable bonds is 2. The third-order valence-corrected chi connectivity index (χ3v) is 1.21. The Kier molecular flexibility index (Phi) is 2.15. The number of allylic oxidation sites excluding steroid dienone is 1. The van der Waals surface area contributed by atoms with Crippen molar-refractivity contribution in [2.75, 3.05) is 0 Å². The van der Waals surface area contributed by atoms with Gasteiger partial charge >= 0.3 is 5.95 Å².